The summed E-state index contributed by atoms with van der Waals surface area (Å²) in [6.07, 6.45) is 5.61. The first-order valence-electron chi connectivity index (χ1n) is 8.74. The van der Waals surface area contributed by atoms with Gasteiger partial charge in [0.25, 0.3) is 0 Å². The first-order chi connectivity index (χ1) is 9.83. The van der Waals surface area contributed by atoms with Crippen LogP contribution >= 0.6 is 0 Å². The summed E-state index contributed by atoms with van der Waals surface area (Å²) in [6, 6.07) is 1.60. The number of rotatable bonds is 3. The maximum absolute atomic E-state index is 3.50. The van der Waals surface area contributed by atoms with Crippen molar-refractivity contribution in [2.24, 2.45) is 0 Å². The fourth-order valence-corrected chi connectivity index (χ4v) is 4.12. The molecule has 3 rings (SSSR count). The standard InChI is InChI=1S/C16H32N4/c1-15-13-20-9-3-2-5-16(20)14-19(15)12-11-18-8-4-6-17-7-10-18/h15-17H,2-14H2,1H3. The van der Waals surface area contributed by atoms with Crippen LogP contribution in [0.15, 0.2) is 0 Å². The Morgan fingerprint density at radius 3 is 2.85 bits per heavy atom. The highest BCUT2D eigenvalue weighted by molar-refractivity contribution is 4.89. The second kappa shape index (κ2) is 7.21. The summed E-state index contributed by atoms with van der Waals surface area (Å²) in [4.78, 5) is 8.16. The lowest BCUT2D eigenvalue weighted by atomic mass is 9.97. The lowest BCUT2D eigenvalue weighted by molar-refractivity contribution is 0.0113. The third-order valence-corrected chi connectivity index (χ3v) is 5.45. The molecule has 0 aromatic rings. The molecule has 0 amide bonds. The van der Waals surface area contributed by atoms with Crippen molar-refractivity contribution in [1.82, 2.24) is 20.0 Å². The van der Waals surface area contributed by atoms with Crippen molar-refractivity contribution in [3.63, 3.8) is 0 Å². The van der Waals surface area contributed by atoms with Crippen LogP contribution in [0, 0.1) is 0 Å². The van der Waals surface area contributed by atoms with E-state index in [-0.39, 0.29) is 0 Å². The lowest BCUT2D eigenvalue weighted by Crippen LogP contribution is -2.59. The van der Waals surface area contributed by atoms with E-state index in [1.807, 2.05) is 0 Å². The van der Waals surface area contributed by atoms with E-state index in [4.69, 9.17) is 0 Å². The summed E-state index contributed by atoms with van der Waals surface area (Å²) in [7, 11) is 0. The van der Waals surface area contributed by atoms with E-state index in [0.717, 1.165) is 12.1 Å². The molecular weight excluding hydrogens is 248 g/mol. The molecule has 3 saturated heterocycles. The highest BCUT2D eigenvalue weighted by Crippen LogP contribution is 2.23. The van der Waals surface area contributed by atoms with Crippen molar-refractivity contribution >= 4 is 0 Å². The van der Waals surface area contributed by atoms with Gasteiger partial charge in [0, 0.05) is 51.4 Å². The number of hydrogen-bond donors (Lipinski definition) is 1. The fourth-order valence-electron chi connectivity index (χ4n) is 4.12. The minimum absolute atomic E-state index is 0.745. The van der Waals surface area contributed by atoms with E-state index in [9.17, 15) is 0 Å². The van der Waals surface area contributed by atoms with Crippen molar-refractivity contribution in [2.45, 2.75) is 44.7 Å². The van der Waals surface area contributed by atoms with Crippen LogP contribution in [0.4, 0.5) is 0 Å². The number of piperazine rings is 1. The maximum atomic E-state index is 3.50. The van der Waals surface area contributed by atoms with Gasteiger partial charge >= 0.3 is 0 Å². The topological polar surface area (TPSA) is 21.8 Å². The Bertz CT molecular complexity index is 288. The highest BCUT2D eigenvalue weighted by atomic mass is 15.3. The van der Waals surface area contributed by atoms with Gasteiger partial charge in [0.05, 0.1) is 0 Å². The first-order valence-corrected chi connectivity index (χ1v) is 8.74. The summed E-state index contributed by atoms with van der Waals surface area (Å²) in [5.41, 5.74) is 0. The van der Waals surface area contributed by atoms with E-state index < -0.39 is 0 Å². The summed E-state index contributed by atoms with van der Waals surface area (Å²) in [5.74, 6) is 0. The van der Waals surface area contributed by atoms with Crippen LogP contribution in [0.3, 0.4) is 0 Å². The number of nitrogens with one attached hydrogen (secondary N) is 1. The third-order valence-electron chi connectivity index (χ3n) is 5.45. The summed E-state index contributed by atoms with van der Waals surface area (Å²) >= 11 is 0. The summed E-state index contributed by atoms with van der Waals surface area (Å²) in [5, 5.41) is 3.50. The lowest BCUT2D eigenvalue weighted by Gasteiger charge is -2.48. The van der Waals surface area contributed by atoms with Gasteiger partial charge in [0.1, 0.15) is 0 Å². The van der Waals surface area contributed by atoms with E-state index in [1.165, 1.54) is 84.6 Å². The van der Waals surface area contributed by atoms with Gasteiger partial charge in [-0.25, -0.2) is 0 Å². The minimum Gasteiger partial charge on any atom is -0.315 e. The van der Waals surface area contributed by atoms with E-state index in [0.29, 0.717) is 0 Å². The molecule has 0 bridgehead atoms. The normalized spacial score (nSPS) is 34.6. The second-order valence-electron chi connectivity index (χ2n) is 6.93. The zero-order valence-corrected chi connectivity index (χ0v) is 13.2. The van der Waals surface area contributed by atoms with Crippen molar-refractivity contribution in [3.8, 4) is 0 Å². The fraction of sp³-hybridized carbons (Fsp3) is 1.00. The molecule has 0 spiro atoms. The molecule has 4 nitrogen and oxygen atoms in total. The van der Waals surface area contributed by atoms with Gasteiger partial charge in [-0.15, -0.1) is 0 Å². The second-order valence-corrected chi connectivity index (χ2v) is 6.93. The molecule has 0 radical (unpaired) electrons. The monoisotopic (exact) mass is 280 g/mol. The molecule has 20 heavy (non-hydrogen) atoms. The zero-order chi connectivity index (χ0) is 13.8. The molecule has 3 heterocycles. The van der Waals surface area contributed by atoms with Crippen LogP contribution in [0.2, 0.25) is 0 Å². The van der Waals surface area contributed by atoms with Crippen molar-refractivity contribution in [3.05, 3.63) is 0 Å². The zero-order valence-electron chi connectivity index (χ0n) is 13.2. The molecule has 3 fully saturated rings. The minimum atomic E-state index is 0.745. The predicted molar refractivity (Wildman–Crippen MR) is 84.2 cm³/mol. The van der Waals surface area contributed by atoms with Crippen molar-refractivity contribution in [1.29, 1.82) is 0 Å². The SMILES string of the molecule is CC1CN2CCCCC2CN1CCN1CCCNCC1. The Morgan fingerprint density at radius 2 is 1.90 bits per heavy atom. The van der Waals surface area contributed by atoms with Gasteiger partial charge in [0.2, 0.25) is 0 Å². The number of piperidine rings is 1. The first kappa shape index (κ1) is 14.8. The smallest absolute Gasteiger partial charge is 0.0223 e. The summed E-state index contributed by atoms with van der Waals surface area (Å²) < 4.78 is 0. The molecular formula is C16H32N4. The summed E-state index contributed by atoms with van der Waals surface area (Å²) in [6.45, 7) is 13.8. The van der Waals surface area contributed by atoms with Gasteiger partial charge in [-0.3, -0.25) is 9.80 Å². The molecule has 0 saturated carbocycles. The molecule has 0 aromatic carbocycles. The number of nitrogens with zero attached hydrogens (tertiary/aromatic N) is 3. The van der Waals surface area contributed by atoms with Crippen molar-refractivity contribution < 1.29 is 0 Å². The van der Waals surface area contributed by atoms with Crippen molar-refractivity contribution in [2.75, 3.05) is 58.9 Å². The Balaban J connectivity index is 1.46. The Morgan fingerprint density at radius 1 is 0.950 bits per heavy atom. The quantitative estimate of drug-likeness (QED) is 0.827. The Labute approximate surface area is 124 Å². The van der Waals surface area contributed by atoms with Crippen LogP contribution in [-0.4, -0.2) is 85.7 Å². The largest absolute Gasteiger partial charge is 0.315 e. The molecule has 1 N–H and O–H groups in total. The Kier molecular flexibility index (Phi) is 5.32. The van der Waals surface area contributed by atoms with Gasteiger partial charge < -0.3 is 10.2 Å². The Hall–Kier alpha value is -0.160. The van der Waals surface area contributed by atoms with Gasteiger partial charge in [0.15, 0.2) is 0 Å². The van der Waals surface area contributed by atoms with Crippen LogP contribution in [0.25, 0.3) is 0 Å². The number of hydrogen-bond acceptors (Lipinski definition) is 4. The molecule has 3 aliphatic rings. The molecule has 0 aliphatic carbocycles. The molecule has 116 valence electrons. The van der Waals surface area contributed by atoms with Crippen LogP contribution < -0.4 is 5.32 Å². The molecule has 4 heteroatoms. The molecule has 3 aliphatic heterocycles. The van der Waals surface area contributed by atoms with E-state index in [1.54, 1.807) is 0 Å². The molecule has 2 atom stereocenters. The van der Waals surface area contributed by atoms with Gasteiger partial charge in [-0.2, -0.15) is 0 Å². The van der Waals surface area contributed by atoms with E-state index >= 15 is 0 Å². The number of fused-ring (bicyclic) bond motifs is 1. The van der Waals surface area contributed by atoms with Crippen LogP contribution in [-0.2, 0) is 0 Å². The van der Waals surface area contributed by atoms with Gasteiger partial charge in [-0.1, -0.05) is 6.42 Å². The van der Waals surface area contributed by atoms with Crippen LogP contribution in [0.5, 0.6) is 0 Å². The average Bonchev–Trinajstić information content (AvgIpc) is 2.74. The average molecular weight is 280 g/mol. The third kappa shape index (κ3) is 3.73. The predicted octanol–water partition coefficient (Wildman–Crippen LogP) is 0.840. The van der Waals surface area contributed by atoms with Gasteiger partial charge in [-0.05, 0) is 45.8 Å². The van der Waals surface area contributed by atoms with Crippen LogP contribution in [0.1, 0.15) is 32.6 Å². The maximum Gasteiger partial charge on any atom is 0.0223 e. The highest BCUT2D eigenvalue weighted by Gasteiger charge is 2.32. The molecule has 0 aromatic heterocycles. The molecule has 2 unspecified atom stereocenters. The van der Waals surface area contributed by atoms with E-state index in [2.05, 4.69) is 26.9 Å².